The molecule has 2 N–H and O–H groups in total. The molecule has 3 rings (SSSR count). The molecule has 1 amide bonds. The molecule has 5 nitrogen and oxygen atoms in total. The summed E-state index contributed by atoms with van der Waals surface area (Å²) in [6.45, 7) is 4.07. The van der Waals surface area contributed by atoms with E-state index in [0.29, 0.717) is 11.5 Å². The fraction of sp³-hybridized carbons (Fsp3) is 0.300. The van der Waals surface area contributed by atoms with Crippen LogP contribution in [0.25, 0.3) is 16.9 Å². The third kappa shape index (κ3) is 4.06. The highest BCUT2D eigenvalue weighted by molar-refractivity contribution is 5.94. The molecule has 0 aliphatic heterocycles. The van der Waals surface area contributed by atoms with Gasteiger partial charge in [0.05, 0.1) is 23.9 Å². The summed E-state index contributed by atoms with van der Waals surface area (Å²) < 4.78 is 1.85. The molecule has 0 bridgehead atoms. The van der Waals surface area contributed by atoms with Crippen LogP contribution in [0.15, 0.2) is 54.9 Å². The third-order valence-corrected chi connectivity index (χ3v) is 4.09. The SMILES string of the molecule is CC(C)CC(CO)NC(=O)c1ccc2nc(-c3ccccc3)cn2c1. The molecule has 2 aromatic heterocycles. The Labute approximate surface area is 147 Å². The van der Waals surface area contributed by atoms with Crippen molar-refractivity contribution < 1.29 is 9.90 Å². The number of rotatable bonds is 6. The van der Waals surface area contributed by atoms with Crippen LogP contribution in [0.2, 0.25) is 0 Å². The van der Waals surface area contributed by atoms with Crippen molar-refractivity contribution in [2.24, 2.45) is 5.92 Å². The average molecular weight is 337 g/mol. The number of aromatic nitrogens is 2. The van der Waals surface area contributed by atoms with Crippen LogP contribution in [-0.4, -0.2) is 33.0 Å². The summed E-state index contributed by atoms with van der Waals surface area (Å²) in [5, 5.41) is 12.3. The number of pyridine rings is 1. The highest BCUT2D eigenvalue weighted by atomic mass is 16.3. The van der Waals surface area contributed by atoms with Gasteiger partial charge in [-0.2, -0.15) is 0 Å². The van der Waals surface area contributed by atoms with Gasteiger partial charge in [0.2, 0.25) is 0 Å². The van der Waals surface area contributed by atoms with E-state index in [9.17, 15) is 9.90 Å². The fourth-order valence-corrected chi connectivity index (χ4v) is 2.89. The molecule has 3 aromatic rings. The normalized spacial score (nSPS) is 12.5. The number of imidazole rings is 1. The number of hydrogen-bond acceptors (Lipinski definition) is 3. The molecule has 0 aliphatic carbocycles. The second-order valence-electron chi connectivity index (χ2n) is 6.66. The first kappa shape index (κ1) is 17.2. The van der Waals surface area contributed by atoms with Crippen molar-refractivity contribution in [3.63, 3.8) is 0 Å². The van der Waals surface area contributed by atoms with Gasteiger partial charge >= 0.3 is 0 Å². The summed E-state index contributed by atoms with van der Waals surface area (Å²) in [4.78, 5) is 17.1. The quantitative estimate of drug-likeness (QED) is 0.726. The predicted octanol–water partition coefficient (Wildman–Crippen LogP) is 3.14. The Bertz CT molecular complexity index is 856. The van der Waals surface area contributed by atoms with Crippen LogP contribution in [0.5, 0.6) is 0 Å². The van der Waals surface area contributed by atoms with Gasteiger partial charge in [0.15, 0.2) is 0 Å². The molecule has 2 heterocycles. The molecule has 25 heavy (non-hydrogen) atoms. The molecule has 5 heteroatoms. The van der Waals surface area contributed by atoms with Gasteiger partial charge in [-0.25, -0.2) is 4.98 Å². The Kier molecular flexibility index (Phi) is 5.14. The van der Waals surface area contributed by atoms with Gasteiger partial charge in [0.25, 0.3) is 5.91 Å². The summed E-state index contributed by atoms with van der Waals surface area (Å²) in [6.07, 6.45) is 4.43. The van der Waals surface area contributed by atoms with Crippen LogP contribution < -0.4 is 5.32 Å². The van der Waals surface area contributed by atoms with Crippen molar-refractivity contribution in [1.82, 2.24) is 14.7 Å². The monoisotopic (exact) mass is 337 g/mol. The Morgan fingerprint density at radius 2 is 1.92 bits per heavy atom. The van der Waals surface area contributed by atoms with Gasteiger partial charge in [-0.3, -0.25) is 4.79 Å². The summed E-state index contributed by atoms with van der Waals surface area (Å²) in [5.41, 5.74) is 3.24. The number of aliphatic hydroxyl groups excluding tert-OH is 1. The second kappa shape index (κ2) is 7.49. The first-order valence-corrected chi connectivity index (χ1v) is 8.52. The van der Waals surface area contributed by atoms with E-state index < -0.39 is 0 Å². The number of aliphatic hydroxyl groups is 1. The highest BCUT2D eigenvalue weighted by Crippen LogP contribution is 2.19. The Hall–Kier alpha value is -2.66. The maximum atomic E-state index is 12.5. The van der Waals surface area contributed by atoms with Crippen molar-refractivity contribution in [3.8, 4) is 11.3 Å². The fourth-order valence-electron chi connectivity index (χ4n) is 2.89. The topological polar surface area (TPSA) is 66.6 Å². The van der Waals surface area contributed by atoms with E-state index in [2.05, 4.69) is 24.1 Å². The lowest BCUT2D eigenvalue weighted by Gasteiger charge is -2.18. The first-order valence-electron chi connectivity index (χ1n) is 8.52. The molecule has 1 aromatic carbocycles. The number of carbonyl (C=O) groups is 1. The van der Waals surface area contributed by atoms with Crippen LogP contribution in [0.1, 0.15) is 30.6 Å². The Balaban J connectivity index is 1.82. The van der Waals surface area contributed by atoms with Crippen molar-refractivity contribution in [2.75, 3.05) is 6.61 Å². The smallest absolute Gasteiger partial charge is 0.253 e. The number of nitrogens with zero attached hydrogens (tertiary/aromatic N) is 2. The Morgan fingerprint density at radius 3 is 2.60 bits per heavy atom. The number of benzene rings is 1. The van der Waals surface area contributed by atoms with Crippen molar-refractivity contribution in [2.45, 2.75) is 26.3 Å². The molecule has 1 atom stereocenters. The summed E-state index contributed by atoms with van der Waals surface area (Å²) >= 11 is 0. The van der Waals surface area contributed by atoms with Crippen LogP contribution in [0, 0.1) is 5.92 Å². The van der Waals surface area contributed by atoms with Crippen molar-refractivity contribution in [3.05, 3.63) is 60.4 Å². The molecule has 0 fully saturated rings. The number of hydrogen-bond donors (Lipinski definition) is 2. The first-order chi connectivity index (χ1) is 12.1. The minimum Gasteiger partial charge on any atom is -0.394 e. The number of amides is 1. The Morgan fingerprint density at radius 1 is 1.16 bits per heavy atom. The highest BCUT2D eigenvalue weighted by Gasteiger charge is 2.15. The number of fused-ring (bicyclic) bond motifs is 1. The summed E-state index contributed by atoms with van der Waals surface area (Å²) in [7, 11) is 0. The standard InChI is InChI=1S/C20H23N3O2/c1-14(2)10-17(13-24)21-20(25)16-8-9-19-22-18(12-23(19)11-16)15-6-4-3-5-7-15/h3-9,11-12,14,17,24H,10,13H2,1-2H3,(H,21,25). The summed E-state index contributed by atoms with van der Waals surface area (Å²) in [6, 6.07) is 13.3. The molecule has 0 spiro atoms. The van der Waals surface area contributed by atoms with E-state index in [1.165, 1.54) is 0 Å². The van der Waals surface area contributed by atoms with Crippen LogP contribution in [0.3, 0.4) is 0 Å². The van der Waals surface area contributed by atoms with Crippen LogP contribution >= 0.6 is 0 Å². The van der Waals surface area contributed by atoms with Gasteiger partial charge in [-0.1, -0.05) is 44.2 Å². The zero-order valence-corrected chi connectivity index (χ0v) is 14.5. The lowest BCUT2D eigenvalue weighted by atomic mass is 10.0. The van der Waals surface area contributed by atoms with E-state index in [1.54, 1.807) is 12.3 Å². The molecule has 0 saturated heterocycles. The third-order valence-electron chi connectivity index (χ3n) is 4.09. The summed E-state index contributed by atoms with van der Waals surface area (Å²) in [5.74, 6) is 0.221. The maximum Gasteiger partial charge on any atom is 0.253 e. The molecule has 130 valence electrons. The lowest BCUT2D eigenvalue weighted by molar-refractivity contribution is 0.0908. The zero-order valence-electron chi connectivity index (χ0n) is 14.5. The maximum absolute atomic E-state index is 12.5. The minimum atomic E-state index is -0.231. The molecule has 0 radical (unpaired) electrons. The van der Waals surface area contributed by atoms with E-state index in [4.69, 9.17) is 0 Å². The largest absolute Gasteiger partial charge is 0.394 e. The van der Waals surface area contributed by atoms with Crippen LogP contribution in [0.4, 0.5) is 0 Å². The van der Waals surface area contributed by atoms with Gasteiger partial charge in [-0.05, 0) is 24.5 Å². The van der Waals surface area contributed by atoms with Gasteiger partial charge in [-0.15, -0.1) is 0 Å². The van der Waals surface area contributed by atoms with E-state index in [0.717, 1.165) is 23.3 Å². The van der Waals surface area contributed by atoms with Gasteiger partial charge in [0, 0.05) is 18.0 Å². The van der Waals surface area contributed by atoms with Crippen LogP contribution in [-0.2, 0) is 0 Å². The molecular formula is C20H23N3O2. The molecule has 0 saturated carbocycles. The molecule has 1 unspecified atom stereocenters. The van der Waals surface area contributed by atoms with Crippen molar-refractivity contribution in [1.29, 1.82) is 0 Å². The van der Waals surface area contributed by atoms with Crippen molar-refractivity contribution >= 4 is 11.6 Å². The molecule has 0 aliphatic rings. The zero-order chi connectivity index (χ0) is 17.8. The van der Waals surface area contributed by atoms with E-state index in [-0.39, 0.29) is 18.6 Å². The predicted molar refractivity (Wildman–Crippen MR) is 98.4 cm³/mol. The van der Waals surface area contributed by atoms with E-state index in [1.807, 2.05) is 47.0 Å². The van der Waals surface area contributed by atoms with Gasteiger partial charge < -0.3 is 14.8 Å². The lowest BCUT2D eigenvalue weighted by Crippen LogP contribution is -2.38. The number of carbonyl (C=O) groups excluding carboxylic acids is 1. The molecular weight excluding hydrogens is 314 g/mol. The van der Waals surface area contributed by atoms with Gasteiger partial charge in [0.1, 0.15) is 5.65 Å². The second-order valence-corrected chi connectivity index (χ2v) is 6.66. The minimum absolute atomic E-state index is 0.0601. The van der Waals surface area contributed by atoms with E-state index >= 15 is 0 Å². The number of nitrogens with one attached hydrogen (secondary N) is 1. The average Bonchev–Trinajstić information content (AvgIpc) is 3.04.